The number of hydrogen-bond donors (Lipinski definition) is 1. The van der Waals surface area contributed by atoms with E-state index in [4.69, 9.17) is 4.74 Å². The first-order chi connectivity index (χ1) is 11.1. The number of amides is 1. The van der Waals surface area contributed by atoms with Gasteiger partial charge in [0, 0.05) is 0 Å². The van der Waals surface area contributed by atoms with E-state index in [1.165, 1.54) is 24.3 Å². The minimum atomic E-state index is -4.73. The third kappa shape index (κ3) is 3.45. The highest BCUT2D eigenvalue weighted by Crippen LogP contribution is 2.32. The van der Waals surface area contributed by atoms with Crippen molar-refractivity contribution in [2.24, 2.45) is 0 Å². The molecule has 0 aliphatic carbocycles. The van der Waals surface area contributed by atoms with Gasteiger partial charge in [-0.05, 0) is 49.2 Å². The van der Waals surface area contributed by atoms with E-state index in [1.807, 2.05) is 0 Å². The molecule has 1 aliphatic rings. The first-order valence-electron chi connectivity index (χ1n) is 7.15. The van der Waals surface area contributed by atoms with E-state index in [0.717, 1.165) is 0 Å². The minimum Gasteiger partial charge on any atom is -0.468 e. The topological polar surface area (TPSA) is 47.6 Å². The molecule has 1 heterocycles. The largest absolute Gasteiger partial charge is 0.573 e. The monoisotopic (exact) mass is 337 g/mol. The molecule has 126 valence electrons. The third-order valence-corrected chi connectivity index (χ3v) is 3.43. The zero-order chi connectivity index (χ0) is 17.5. The van der Waals surface area contributed by atoms with Crippen LogP contribution >= 0.6 is 0 Å². The van der Waals surface area contributed by atoms with E-state index in [9.17, 15) is 18.0 Å². The Morgan fingerprint density at radius 3 is 2.29 bits per heavy atom. The maximum Gasteiger partial charge on any atom is 0.573 e. The molecule has 4 nitrogen and oxygen atoms in total. The lowest BCUT2D eigenvalue weighted by molar-refractivity contribution is -0.274. The SMILES string of the molecule is CC1(C)NC(=O)c2cc(-c3ccc(OC(F)(F)F)cc3)ccc2O1. The average molecular weight is 337 g/mol. The summed E-state index contributed by atoms with van der Waals surface area (Å²) in [5.41, 5.74) is 0.931. The number of carbonyl (C=O) groups excluding carboxylic acids is 1. The van der Waals surface area contributed by atoms with E-state index in [1.54, 1.807) is 32.0 Å². The van der Waals surface area contributed by atoms with Crippen molar-refractivity contribution in [3.63, 3.8) is 0 Å². The van der Waals surface area contributed by atoms with Gasteiger partial charge in [0.2, 0.25) is 0 Å². The quantitative estimate of drug-likeness (QED) is 0.897. The average Bonchev–Trinajstić information content (AvgIpc) is 2.45. The second-order valence-electron chi connectivity index (χ2n) is 5.85. The van der Waals surface area contributed by atoms with E-state index in [-0.39, 0.29) is 11.7 Å². The molecule has 0 radical (unpaired) electrons. The van der Waals surface area contributed by atoms with E-state index < -0.39 is 12.1 Å². The number of carbonyl (C=O) groups is 1. The van der Waals surface area contributed by atoms with E-state index >= 15 is 0 Å². The van der Waals surface area contributed by atoms with E-state index in [0.29, 0.717) is 22.4 Å². The molecule has 0 unspecified atom stereocenters. The number of halogens is 3. The molecule has 24 heavy (non-hydrogen) atoms. The standard InChI is InChI=1S/C17H14F3NO3/c1-16(2)21-15(22)13-9-11(5-8-14(13)24-16)10-3-6-12(7-4-10)23-17(18,19)20/h3-9H,1-2H3,(H,21,22). The van der Waals surface area contributed by atoms with Crippen LogP contribution in [0, 0.1) is 0 Å². The highest BCUT2D eigenvalue weighted by Gasteiger charge is 2.32. The van der Waals surface area contributed by atoms with Crippen LogP contribution in [-0.2, 0) is 0 Å². The van der Waals surface area contributed by atoms with Crippen molar-refractivity contribution < 1.29 is 27.4 Å². The second kappa shape index (κ2) is 5.43. The summed E-state index contributed by atoms with van der Waals surface area (Å²) >= 11 is 0. The van der Waals surface area contributed by atoms with Crippen LogP contribution < -0.4 is 14.8 Å². The number of nitrogens with one attached hydrogen (secondary N) is 1. The smallest absolute Gasteiger partial charge is 0.468 e. The lowest BCUT2D eigenvalue weighted by atomic mass is 10.0. The number of hydrogen-bond acceptors (Lipinski definition) is 3. The van der Waals surface area contributed by atoms with Gasteiger partial charge in [-0.25, -0.2) is 0 Å². The van der Waals surface area contributed by atoms with Crippen LogP contribution in [0.3, 0.4) is 0 Å². The summed E-state index contributed by atoms with van der Waals surface area (Å²) in [6.07, 6.45) is -4.73. The summed E-state index contributed by atoms with van der Waals surface area (Å²) in [5, 5.41) is 2.72. The van der Waals surface area contributed by atoms with Gasteiger partial charge >= 0.3 is 6.36 Å². The Labute approximate surface area is 136 Å². The maximum atomic E-state index is 12.2. The zero-order valence-electron chi connectivity index (χ0n) is 12.9. The fourth-order valence-corrected chi connectivity index (χ4v) is 2.47. The molecule has 1 N–H and O–H groups in total. The molecule has 0 saturated heterocycles. The molecule has 0 atom stereocenters. The molecule has 0 bridgehead atoms. The summed E-state index contributed by atoms with van der Waals surface area (Å²) in [4.78, 5) is 12.2. The highest BCUT2D eigenvalue weighted by atomic mass is 19.4. The lowest BCUT2D eigenvalue weighted by Crippen LogP contribution is -2.51. The van der Waals surface area contributed by atoms with Gasteiger partial charge in [0.05, 0.1) is 5.56 Å². The number of benzene rings is 2. The number of alkyl halides is 3. The van der Waals surface area contributed by atoms with Gasteiger partial charge in [-0.2, -0.15) is 0 Å². The number of ether oxygens (including phenoxy) is 2. The van der Waals surface area contributed by atoms with Crippen LogP contribution in [0.15, 0.2) is 42.5 Å². The first kappa shape index (κ1) is 16.2. The summed E-state index contributed by atoms with van der Waals surface area (Å²) < 4.78 is 46.1. The van der Waals surface area contributed by atoms with Gasteiger partial charge in [-0.15, -0.1) is 13.2 Å². The van der Waals surface area contributed by atoms with Crippen LogP contribution in [0.4, 0.5) is 13.2 Å². The van der Waals surface area contributed by atoms with Crippen molar-refractivity contribution in [1.29, 1.82) is 0 Å². The molecule has 1 aliphatic heterocycles. The maximum absolute atomic E-state index is 12.2. The fourth-order valence-electron chi connectivity index (χ4n) is 2.47. The Morgan fingerprint density at radius 2 is 1.67 bits per heavy atom. The van der Waals surface area contributed by atoms with Crippen molar-refractivity contribution in [3.05, 3.63) is 48.0 Å². The molecular weight excluding hydrogens is 323 g/mol. The highest BCUT2D eigenvalue weighted by molar-refractivity contribution is 5.99. The summed E-state index contributed by atoms with van der Waals surface area (Å²) in [6.45, 7) is 3.47. The molecule has 7 heteroatoms. The second-order valence-corrected chi connectivity index (χ2v) is 5.85. The summed E-state index contributed by atoms with van der Waals surface area (Å²) in [7, 11) is 0. The molecule has 0 spiro atoms. The van der Waals surface area contributed by atoms with Gasteiger partial charge in [-0.1, -0.05) is 18.2 Å². The fraction of sp³-hybridized carbons (Fsp3) is 0.235. The van der Waals surface area contributed by atoms with Crippen LogP contribution in [-0.4, -0.2) is 18.0 Å². The van der Waals surface area contributed by atoms with Crippen LogP contribution in [0.2, 0.25) is 0 Å². The van der Waals surface area contributed by atoms with Crippen LogP contribution in [0.5, 0.6) is 11.5 Å². The molecule has 1 amide bonds. The number of rotatable bonds is 2. The van der Waals surface area contributed by atoms with E-state index in [2.05, 4.69) is 10.1 Å². The molecular formula is C17H14F3NO3. The van der Waals surface area contributed by atoms with Crippen molar-refractivity contribution in [1.82, 2.24) is 5.32 Å². The number of fused-ring (bicyclic) bond motifs is 1. The summed E-state index contributed by atoms with van der Waals surface area (Å²) in [5.74, 6) is -0.100. The molecule has 2 aromatic rings. The molecule has 3 rings (SSSR count). The zero-order valence-corrected chi connectivity index (χ0v) is 12.9. The Bertz CT molecular complexity index is 783. The molecule has 0 aromatic heterocycles. The van der Waals surface area contributed by atoms with Crippen LogP contribution in [0.25, 0.3) is 11.1 Å². The predicted molar refractivity (Wildman–Crippen MR) is 80.7 cm³/mol. The normalized spacial score (nSPS) is 16.0. The van der Waals surface area contributed by atoms with Gasteiger partial charge in [0.25, 0.3) is 5.91 Å². The minimum absolute atomic E-state index is 0.264. The van der Waals surface area contributed by atoms with Gasteiger partial charge in [0.15, 0.2) is 5.72 Å². The van der Waals surface area contributed by atoms with Crippen molar-refractivity contribution in [3.8, 4) is 22.6 Å². The summed E-state index contributed by atoms with van der Waals surface area (Å²) in [6, 6.07) is 10.5. The van der Waals surface area contributed by atoms with Gasteiger partial charge in [0.1, 0.15) is 11.5 Å². The van der Waals surface area contributed by atoms with Gasteiger partial charge < -0.3 is 14.8 Å². The van der Waals surface area contributed by atoms with Crippen molar-refractivity contribution in [2.75, 3.05) is 0 Å². The van der Waals surface area contributed by atoms with Crippen LogP contribution in [0.1, 0.15) is 24.2 Å². The third-order valence-electron chi connectivity index (χ3n) is 3.43. The first-order valence-corrected chi connectivity index (χ1v) is 7.15. The lowest BCUT2D eigenvalue weighted by Gasteiger charge is -2.33. The van der Waals surface area contributed by atoms with Crippen molar-refractivity contribution >= 4 is 5.91 Å². The van der Waals surface area contributed by atoms with Gasteiger partial charge in [-0.3, -0.25) is 4.79 Å². The molecule has 2 aromatic carbocycles. The Hall–Kier alpha value is -2.70. The van der Waals surface area contributed by atoms with Crippen molar-refractivity contribution in [2.45, 2.75) is 25.9 Å². The Morgan fingerprint density at radius 1 is 1.04 bits per heavy atom. The Kier molecular flexibility index (Phi) is 3.66. The molecule has 0 fully saturated rings. The molecule has 0 saturated carbocycles. The predicted octanol–water partition coefficient (Wildman–Crippen LogP) is 4.11. The Balaban J connectivity index is 1.89.